The molecule has 0 aliphatic carbocycles. The zero-order valence-corrected chi connectivity index (χ0v) is 19.6. The Morgan fingerprint density at radius 2 is 1.86 bits per heavy atom. The number of ketones is 1. The third kappa shape index (κ3) is 3.48. The zero-order valence-electron chi connectivity index (χ0n) is 19.6. The van der Waals surface area contributed by atoms with E-state index in [0.717, 1.165) is 16.5 Å². The van der Waals surface area contributed by atoms with Gasteiger partial charge in [-0.1, -0.05) is 24.3 Å². The predicted octanol–water partition coefficient (Wildman–Crippen LogP) is 5.31. The molecule has 7 nitrogen and oxygen atoms in total. The highest BCUT2D eigenvalue weighted by Gasteiger charge is 2.38. The first-order valence-electron chi connectivity index (χ1n) is 11.4. The first-order chi connectivity index (χ1) is 17.6. The third-order valence-electron chi connectivity index (χ3n) is 6.53. The molecule has 3 aromatic carbocycles. The van der Waals surface area contributed by atoms with Gasteiger partial charge in [0.15, 0.2) is 17.3 Å². The summed E-state index contributed by atoms with van der Waals surface area (Å²) in [4.78, 5) is 30.2. The molecule has 0 amide bonds. The number of ether oxygens (including phenoxy) is 4. The lowest BCUT2D eigenvalue weighted by molar-refractivity contribution is -0.135. The van der Waals surface area contributed by atoms with Gasteiger partial charge in [0.1, 0.15) is 11.5 Å². The minimum absolute atomic E-state index is 0.134. The van der Waals surface area contributed by atoms with E-state index in [9.17, 15) is 9.59 Å². The largest absolute Gasteiger partial charge is 0.493 e. The maximum atomic E-state index is 13.3. The van der Waals surface area contributed by atoms with Crippen molar-refractivity contribution in [1.29, 1.82) is 0 Å². The number of carbonyl (C=O) groups is 2. The Morgan fingerprint density at radius 3 is 2.69 bits per heavy atom. The SMILES string of the molecule is COc1cccc(/C=C2\Oc3c(ccc4c3C(c3ccc5ncccc5c3)CC(=O)O4)C2=O)c1OC. The molecule has 1 atom stereocenters. The number of carbonyl (C=O) groups excluding carboxylic acids is 2. The molecule has 1 aromatic heterocycles. The molecule has 36 heavy (non-hydrogen) atoms. The Balaban J connectivity index is 1.46. The molecule has 3 heterocycles. The molecule has 0 saturated heterocycles. The van der Waals surface area contributed by atoms with E-state index in [1.54, 1.807) is 44.7 Å². The number of hydrogen-bond donors (Lipinski definition) is 0. The van der Waals surface area contributed by atoms with Crippen molar-refractivity contribution in [2.24, 2.45) is 0 Å². The minimum atomic E-state index is -0.334. The van der Waals surface area contributed by atoms with E-state index in [0.29, 0.717) is 39.7 Å². The quantitative estimate of drug-likeness (QED) is 0.223. The predicted molar refractivity (Wildman–Crippen MR) is 133 cm³/mol. The van der Waals surface area contributed by atoms with Crippen LogP contribution in [0.5, 0.6) is 23.0 Å². The lowest BCUT2D eigenvalue weighted by Gasteiger charge is -2.26. The van der Waals surface area contributed by atoms with Crippen molar-refractivity contribution < 1.29 is 28.5 Å². The van der Waals surface area contributed by atoms with Gasteiger partial charge in [-0.15, -0.1) is 0 Å². The Hall–Kier alpha value is -4.65. The second kappa shape index (κ2) is 8.53. The molecular formula is C29H21NO6. The maximum Gasteiger partial charge on any atom is 0.312 e. The molecule has 7 heteroatoms. The number of esters is 1. The second-order valence-corrected chi connectivity index (χ2v) is 8.56. The van der Waals surface area contributed by atoms with Crippen molar-refractivity contribution in [1.82, 2.24) is 4.98 Å². The summed E-state index contributed by atoms with van der Waals surface area (Å²) in [6, 6.07) is 18.5. The molecule has 0 bridgehead atoms. The Labute approximate surface area is 206 Å². The van der Waals surface area contributed by atoms with Crippen LogP contribution in [0.3, 0.4) is 0 Å². The van der Waals surface area contributed by atoms with E-state index in [1.165, 1.54) is 0 Å². The van der Waals surface area contributed by atoms with Crippen LogP contribution in [0.1, 0.15) is 39.4 Å². The number of methoxy groups -OCH3 is 2. The highest BCUT2D eigenvalue weighted by Crippen LogP contribution is 2.49. The van der Waals surface area contributed by atoms with Crippen LogP contribution in [0.15, 0.2) is 72.6 Å². The number of fused-ring (bicyclic) bond motifs is 4. The number of hydrogen-bond acceptors (Lipinski definition) is 7. The molecular weight excluding hydrogens is 458 g/mol. The lowest BCUT2D eigenvalue weighted by Crippen LogP contribution is -2.21. The van der Waals surface area contributed by atoms with Crippen LogP contribution < -0.4 is 18.9 Å². The van der Waals surface area contributed by atoms with Gasteiger partial charge in [0, 0.05) is 28.6 Å². The molecule has 1 unspecified atom stereocenters. The van der Waals surface area contributed by atoms with Gasteiger partial charge < -0.3 is 18.9 Å². The van der Waals surface area contributed by atoms with Crippen molar-refractivity contribution in [3.63, 3.8) is 0 Å². The van der Waals surface area contributed by atoms with E-state index < -0.39 is 0 Å². The third-order valence-corrected chi connectivity index (χ3v) is 6.53. The van der Waals surface area contributed by atoms with Gasteiger partial charge in [0.25, 0.3) is 0 Å². The normalized spacial score (nSPS) is 17.4. The first kappa shape index (κ1) is 21.9. The van der Waals surface area contributed by atoms with Gasteiger partial charge in [0.2, 0.25) is 5.78 Å². The van der Waals surface area contributed by atoms with Crippen LogP contribution in [0.4, 0.5) is 0 Å². The number of allylic oxidation sites excluding steroid dienone is 1. The summed E-state index contributed by atoms with van der Waals surface area (Å²) in [5, 5.41) is 0.964. The van der Waals surface area contributed by atoms with Crippen LogP contribution in [-0.4, -0.2) is 31.0 Å². The standard InChI is InChI=1S/C29H21NO6/c1-33-23-7-3-5-18(28(23)34-2)14-24-27(32)19-9-11-22-26(29(19)36-24)20(15-25(31)35-22)16-8-10-21-17(13-16)6-4-12-30-21/h3-14,20H,15H2,1-2H3/b24-14-. The van der Waals surface area contributed by atoms with Gasteiger partial charge in [-0.25, -0.2) is 0 Å². The van der Waals surface area contributed by atoms with E-state index >= 15 is 0 Å². The van der Waals surface area contributed by atoms with E-state index in [1.807, 2.05) is 42.5 Å². The molecule has 0 N–H and O–H groups in total. The molecule has 2 aliphatic rings. The van der Waals surface area contributed by atoms with Crippen molar-refractivity contribution in [2.75, 3.05) is 14.2 Å². The van der Waals surface area contributed by atoms with Crippen molar-refractivity contribution >= 4 is 28.7 Å². The summed E-state index contributed by atoms with van der Waals surface area (Å²) in [5.41, 5.74) is 3.54. The number of rotatable bonds is 4. The number of nitrogens with zero attached hydrogens (tertiary/aromatic N) is 1. The number of Topliss-reactive ketones (excluding diaryl/α,β-unsaturated/α-hetero) is 1. The van der Waals surface area contributed by atoms with Gasteiger partial charge in [-0.2, -0.15) is 0 Å². The lowest BCUT2D eigenvalue weighted by atomic mass is 9.84. The monoisotopic (exact) mass is 479 g/mol. The second-order valence-electron chi connectivity index (χ2n) is 8.56. The number of benzene rings is 3. The summed E-state index contributed by atoms with van der Waals surface area (Å²) in [6.07, 6.45) is 3.52. The van der Waals surface area contributed by atoms with Gasteiger partial charge in [-0.05, 0) is 48.0 Å². The average molecular weight is 479 g/mol. The van der Waals surface area contributed by atoms with Crippen molar-refractivity contribution in [3.05, 3.63) is 94.9 Å². The minimum Gasteiger partial charge on any atom is -0.493 e. The highest BCUT2D eigenvalue weighted by molar-refractivity contribution is 6.15. The molecule has 6 rings (SSSR count). The van der Waals surface area contributed by atoms with E-state index in [-0.39, 0.29) is 29.9 Å². The molecule has 0 fully saturated rings. The topological polar surface area (TPSA) is 84.0 Å². The fraction of sp³-hybridized carbons (Fsp3) is 0.138. The van der Waals surface area contributed by atoms with Crippen LogP contribution in [0.2, 0.25) is 0 Å². The average Bonchev–Trinajstić information content (AvgIpc) is 3.22. The fourth-order valence-electron chi connectivity index (χ4n) is 4.87. The molecule has 0 radical (unpaired) electrons. The first-order valence-corrected chi connectivity index (χ1v) is 11.4. The Kier molecular flexibility index (Phi) is 5.18. The Bertz CT molecular complexity index is 1590. The van der Waals surface area contributed by atoms with Crippen LogP contribution in [-0.2, 0) is 4.79 Å². The van der Waals surface area contributed by atoms with Crippen LogP contribution in [0.25, 0.3) is 17.0 Å². The fourth-order valence-corrected chi connectivity index (χ4v) is 4.87. The zero-order chi connectivity index (χ0) is 24.8. The molecule has 178 valence electrons. The highest BCUT2D eigenvalue weighted by atomic mass is 16.5. The molecule has 0 saturated carbocycles. The van der Waals surface area contributed by atoms with Gasteiger partial charge in [-0.3, -0.25) is 14.6 Å². The summed E-state index contributed by atoms with van der Waals surface area (Å²) in [5.74, 6) is 1.09. The van der Waals surface area contributed by atoms with E-state index in [4.69, 9.17) is 18.9 Å². The maximum absolute atomic E-state index is 13.3. The Morgan fingerprint density at radius 1 is 0.972 bits per heavy atom. The van der Waals surface area contributed by atoms with Crippen LogP contribution in [0, 0.1) is 0 Å². The summed E-state index contributed by atoms with van der Waals surface area (Å²) < 4.78 is 22.6. The number of para-hydroxylation sites is 1. The summed E-state index contributed by atoms with van der Waals surface area (Å²) in [7, 11) is 3.10. The van der Waals surface area contributed by atoms with E-state index in [2.05, 4.69) is 4.98 Å². The van der Waals surface area contributed by atoms with Crippen molar-refractivity contribution in [3.8, 4) is 23.0 Å². The molecule has 4 aromatic rings. The van der Waals surface area contributed by atoms with Crippen molar-refractivity contribution in [2.45, 2.75) is 12.3 Å². The van der Waals surface area contributed by atoms with Gasteiger partial charge in [0.05, 0.1) is 31.7 Å². The number of aromatic nitrogens is 1. The molecule has 2 aliphatic heterocycles. The van der Waals surface area contributed by atoms with Gasteiger partial charge >= 0.3 is 5.97 Å². The summed E-state index contributed by atoms with van der Waals surface area (Å²) in [6.45, 7) is 0. The smallest absolute Gasteiger partial charge is 0.312 e. The number of pyridine rings is 1. The van der Waals surface area contributed by atoms with Crippen LogP contribution >= 0.6 is 0 Å². The summed E-state index contributed by atoms with van der Waals surface area (Å²) >= 11 is 0. The molecule has 0 spiro atoms.